The number of ether oxygens (including phenoxy) is 1. The minimum absolute atomic E-state index is 0.169. The second-order valence-electron chi connectivity index (χ2n) is 5.00. The molecule has 0 bridgehead atoms. The van der Waals surface area contributed by atoms with Gasteiger partial charge in [-0.1, -0.05) is 18.2 Å². The Hall–Kier alpha value is -1.63. The summed E-state index contributed by atoms with van der Waals surface area (Å²) in [5, 5.41) is 25.1. The van der Waals surface area contributed by atoms with Crippen molar-refractivity contribution < 1.29 is 19.7 Å². The van der Waals surface area contributed by atoms with Crippen LogP contribution in [0.4, 0.5) is 10.5 Å². The summed E-state index contributed by atoms with van der Waals surface area (Å²) < 4.78 is 4.99. The summed E-state index contributed by atoms with van der Waals surface area (Å²) in [4.78, 5) is 11.8. The highest BCUT2D eigenvalue weighted by Crippen LogP contribution is 2.27. The molecule has 6 heteroatoms. The van der Waals surface area contributed by atoms with Crippen LogP contribution in [0, 0.1) is 5.92 Å². The third kappa shape index (κ3) is 3.47. The standard InChI is InChI=1S/C14H20N2O4/c1-20-8-9-7-11(13(18)12(9)17)16-14(19)15-10-5-3-2-4-6-10/h2-6,9,11-13,17-18H,7-8H2,1H3,(H2,15,16,19)/t9-,11-,12-,13+/m1/s1. The lowest BCUT2D eigenvalue weighted by Crippen LogP contribution is -2.44. The molecule has 0 radical (unpaired) electrons. The van der Waals surface area contributed by atoms with Crippen molar-refractivity contribution in [3.63, 3.8) is 0 Å². The maximum absolute atomic E-state index is 11.8. The van der Waals surface area contributed by atoms with E-state index in [1.165, 1.54) is 0 Å². The number of anilines is 1. The van der Waals surface area contributed by atoms with Gasteiger partial charge in [0, 0.05) is 18.7 Å². The average Bonchev–Trinajstić information content (AvgIpc) is 2.69. The van der Waals surface area contributed by atoms with Gasteiger partial charge in [-0.3, -0.25) is 0 Å². The second-order valence-corrected chi connectivity index (χ2v) is 5.00. The molecule has 0 unspecified atom stereocenters. The fourth-order valence-electron chi connectivity index (χ4n) is 2.50. The van der Waals surface area contributed by atoms with E-state index in [0.29, 0.717) is 18.7 Å². The minimum Gasteiger partial charge on any atom is -0.390 e. The quantitative estimate of drug-likeness (QED) is 0.649. The lowest BCUT2D eigenvalue weighted by molar-refractivity contribution is -0.00487. The topological polar surface area (TPSA) is 90.8 Å². The average molecular weight is 280 g/mol. The van der Waals surface area contributed by atoms with Gasteiger partial charge in [0.15, 0.2) is 0 Å². The summed E-state index contributed by atoms with van der Waals surface area (Å²) in [7, 11) is 1.54. The van der Waals surface area contributed by atoms with Crippen molar-refractivity contribution in [1.29, 1.82) is 0 Å². The number of carbonyl (C=O) groups excluding carboxylic acids is 1. The zero-order chi connectivity index (χ0) is 14.5. The van der Waals surface area contributed by atoms with Crippen LogP contribution in [0.5, 0.6) is 0 Å². The lowest BCUT2D eigenvalue weighted by Gasteiger charge is -2.18. The summed E-state index contributed by atoms with van der Waals surface area (Å²) in [6, 6.07) is 8.16. The molecule has 0 saturated heterocycles. The smallest absolute Gasteiger partial charge is 0.319 e. The molecule has 4 N–H and O–H groups in total. The summed E-state index contributed by atoms with van der Waals surface area (Å²) in [5.41, 5.74) is 0.673. The van der Waals surface area contributed by atoms with Crippen LogP contribution in [-0.4, -0.2) is 48.2 Å². The second kappa shape index (κ2) is 6.69. The number of rotatable bonds is 4. The fourth-order valence-corrected chi connectivity index (χ4v) is 2.50. The largest absolute Gasteiger partial charge is 0.390 e. The van der Waals surface area contributed by atoms with E-state index >= 15 is 0 Å². The number of methoxy groups -OCH3 is 1. The molecule has 1 aromatic carbocycles. The molecule has 1 saturated carbocycles. The number of amides is 2. The molecule has 0 aliphatic heterocycles. The number of urea groups is 1. The maximum atomic E-state index is 11.8. The van der Waals surface area contributed by atoms with Gasteiger partial charge in [0.05, 0.1) is 18.8 Å². The Morgan fingerprint density at radius 3 is 2.65 bits per heavy atom. The first-order valence-electron chi connectivity index (χ1n) is 6.59. The van der Waals surface area contributed by atoms with E-state index in [9.17, 15) is 15.0 Å². The first-order valence-corrected chi connectivity index (χ1v) is 6.59. The van der Waals surface area contributed by atoms with Crippen LogP contribution in [0.1, 0.15) is 6.42 Å². The normalized spacial score (nSPS) is 29.1. The van der Waals surface area contributed by atoms with Gasteiger partial charge in [-0.15, -0.1) is 0 Å². The SMILES string of the molecule is COC[C@H]1C[C@@H](NC(=O)Nc2ccccc2)[C@H](O)[C@@H]1O. The third-order valence-corrected chi connectivity index (χ3v) is 3.53. The molecule has 1 aliphatic carbocycles. The van der Waals surface area contributed by atoms with Gasteiger partial charge in [0.1, 0.15) is 6.10 Å². The van der Waals surface area contributed by atoms with Crippen LogP contribution in [-0.2, 0) is 4.74 Å². The van der Waals surface area contributed by atoms with Crippen LogP contribution in [0.3, 0.4) is 0 Å². The highest BCUT2D eigenvalue weighted by atomic mass is 16.5. The molecule has 110 valence electrons. The Morgan fingerprint density at radius 2 is 2.00 bits per heavy atom. The van der Waals surface area contributed by atoms with Crippen LogP contribution < -0.4 is 10.6 Å². The Kier molecular flexibility index (Phi) is 4.94. The number of aliphatic hydroxyl groups is 2. The van der Waals surface area contributed by atoms with Crippen LogP contribution in [0.15, 0.2) is 30.3 Å². The summed E-state index contributed by atoms with van der Waals surface area (Å²) in [5.74, 6) is -0.169. The van der Waals surface area contributed by atoms with Crippen molar-refractivity contribution in [1.82, 2.24) is 5.32 Å². The molecule has 0 aromatic heterocycles. The molecular weight excluding hydrogens is 260 g/mol. The predicted molar refractivity (Wildman–Crippen MR) is 74.4 cm³/mol. The lowest BCUT2D eigenvalue weighted by atomic mass is 10.1. The number of para-hydroxylation sites is 1. The first kappa shape index (κ1) is 14.8. The van der Waals surface area contributed by atoms with Gasteiger partial charge in [0.25, 0.3) is 0 Å². The van der Waals surface area contributed by atoms with E-state index in [1.807, 2.05) is 18.2 Å². The summed E-state index contributed by atoms with van der Waals surface area (Å²) >= 11 is 0. The van der Waals surface area contributed by atoms with Gasteiger partial charge >= 0.3 is 6.03 Å². The van der Waals surface area contributed by atoms with Crippen LogP contribution in [0.25, 0.3) is 0 Å². The zero-order valence-corrected chi connectivity index (χ0v) is 11.3. The minimum atomic E-state index is -0.975. The Balaban J connectivity index is 1.88. The highest BCUT2D eigenvalue weighted by molar-refractivity contribution is 5.89. The van der Waals surface area contributed by atoms with Crippen molar-refractivity contribution in [3.05, 3.63) is 30.3 Å². The van der Waals surface area contributed by atoms with E-state index < -0.39 is 24.3 Å². The van der Waals surface area contributed by atoms with Crippen molar-refractivity contribution in [2.45, 2.75) is 24.7 Å². The molecule has 1 aliphatic rings. The van der Waals surface area contributed by atoms with Gasteiger partial charge in [-0.05, 0) is 18.6 Å². The first-order chi connectivity index (χ1) is 9.61. The number of nitrogens with one attached hydrogen (secondary N) is 2. The molecule has 2 amide bonds. The monoisotopic (exact) mass is 280 g/mol. The van der Waals surface area contributed by atoms with Crippen molar-refractivity contribution in [3.8, 4) is 0 Å². The molecule has 0 spiro atoms. The number of carbonyl (C=O) groups is 1. The highest BCUT2D eigenvalue weighted by Gasteiger charge is 2.41. The molecule has 6 nitrogen and oxygen atoms in total. The van der Waals surface area contributed by atoms with E-state index in [0.717, 1.165) is 0 Å². The summed E-state index contributed by atoms with van der Waals surface area (Å²) in [6.45, 7) is 0.358. The van der Waals surface area contributed by atoms with E-state index in [4.69, 9.17) is 4.74 Å². The number of hydrogen-bond donors (Lipinski definition) is 4. The van der Waals surface area contributed by atoms with Crippen molar-refractivity contribution in [2.75, 3.05) is 19.0 Å². The molecule has 20 heavy (non-hydrogen) atoms. The number of benzene rings is 1. The molecule has 4 atom stereocenters. The molecule has 0 heterocycles. The maximum Gasteiger partial charge on any atom is 0.319 e. The van der Waals surface area contributed by atoms with Crippen molar-refractivity contribution >= 4 is 11.7 Å². The van der Waals surface area contributed by atoms with Crippen molar-refractivity contribution in [2.24, 2.45) is 5.92 Å². The predicted octanol–water partition coefficient (Wildman–Crippen LogP) is 0.565. The Labute approximate surface area is 117 Å². The van der Waals surface area contributed by atoms with Gasteiger partial charge in [-0.2, -0.15) is 0 Å². The van der Waals surface area contributed by atoms with Gasteiger partial charge < -0.3 is 25.6 Å². The number of aliphatic hydroxyl groups excluding tert-OH is 2. The number of hydrogen-bond acceptors (Lipinski definition) is 4. The third-order valence-electron chi connectivity index (χ3n) is 3.53. The summed E-state index contributed by atoms with van der Waals surface area (Å²) in [6.07, 6.45) is -1.37. The Bertz CT molecular complexity index is 440. The van der Waals surface area contributed by atoms with Gasteiger partial charge in [-0.25, -0.2) is 4.79 Å². The van der Waals surface area contributed by atoms with E-state index in [1.54, 1.807) is 19.2 Å². The van der Waals surface area contributed by atoms with E-state index in [-0.39, 0.29) is 5.92 Å². The Morgan fingerprint density at radius 1 is 1.30 bits per heavy atom. The molecule has 2 rings (SSSR count). The van der Waals surface area contributed by atoms with E-state index in [2.05, 4.69) is 10.6 Å². The van der Waals surface area contributed by atoms with Gasteiger partial charge in [0.2, 0.25) is 0 Å². The van der Waals surface area contributed by atoms with Crippen LogP contribution >= 0.6 is 0 Å². The molecule has 1 fully saturated rings. The fraction of sp³-hybridized carbons (Fsp3) is 0.500. The zero-order valence-electron chi connectivity index (χ0n) is 11.3. The van der Waals surface area contributed by atoms with Crippen LogP contribution in [0.2, 0.25) is 0 Å². The molecular formula is C14H20N2O4. The molecule has 1 aromatic rings.